The highest BCUT2D eigenvalue weighted by molar-refractivity contribution is 7.99. The summed E-state index contributed by atoms with van der Waals surface area (Å²) in [6, 6.07) is 9.21. The molecule has 1 N–H and O–H groups in total. The number of ether oxygens (including phenoxy) is 1. The first-order chi connectivity index (χ1) is 11.1. The normalized spacial score (nSPS) is 15.6. The fraction of sp³-hybridized carbons (Fsp3) is 0.167. The summed E-state index contributed by atoms with van der Waals surface area (Å²) in [7, 11) is 0. The Hall–Kier alpha value is -2.27. The van der Waals surface area contributed by atoms with E-state index in [1.54, 1.807) is 24.3 Å². The lowest BCUT2D eigenvalue weighted by Gasteiger charge is -2.17. The summed E-state index contributed by atoms with van der Waals surface area (Å²) in [4.78, 5) is 13.3. The van der Waals surface area contributed by atoms with E-state index in [-0.39, 0.29) is 11.5 Å². The minimum atomic E-state index is -0.415. The van der Waals surface area contributed by atoms with Crippen molar-refractivity contribution in [1.29, 1.82) is 0 Å². The summed E-state index contributed by atoms with van der Waals surface area (Å²) in [6.45, 7) is 2.27. The SMILES string of the molecule is CCOc1cc(C=C2CSc3ccc(F)cc3C2=O)ccc1O. The second-order valence-electron chi connectivity index (χ2n) is 5.09. The number of hydrogen-bond donors (Lipinski definition) is 1. The van der Waals surface area contributed by atoms with Crippen LogP contribution in [-0.2, 0) is 0 Å². The van der Waals surface area contributed by atoms with Gasteiger partial charge in [-0.25, -0.2) is 4.39 Å². The van der Waals surface area contributed by atoms with Crippen LogP contribution >= 0.6 is 11.8 Å². The van der Waals surface area contributed by atoms with Gasteiger partial charge in [0, 0.05) is 21.8 Å². The van der Waals surface area contributed by atoms with Gasteiger partial charge in [0.25, 0.3) is 0 Å². The summed E-state index contributed by atoms with van der Waals surface area (Å²) >= 11 is 1.51. The molecule has 1 aliphatic rings. The van der Waals surface area contributed by atoms with Crippen LogP contribution in [0.15, 0.2) is 46.9 Å². The number of carbonyl (C=O) groups excluding carboxylic acids is 1. The van der Waals surface area contributed by atoms with Crippen LogP contribution in [0.4, 0.5) is 4.39 Å². The maximum Gasteiger partial charge on any atom is 0.191 e. The summed E-state index contributed by atoms with van der Waals surface area (Å²) in [5.74, 6) is 0.393. The van der Waals surface area contributed by atoms with Gasteiger partial charge in [-0.1, -0.05) is 6.07 Å². The molecule has 0 radical (unpaired) electrons. The number of hydrogen-bond acceptors (Lipinski definition) is 4. The number of aromatic hydroxyl groups is 1. The molecule has 1 aliphatic heterocycles. The Morgan fingerprint density at radius 1 is 1.30 bits per heavy atom. The predicted octanol–water partition coefficient (Wildman–Crippen LogP) is 4.30. The number of thioether (sulfide) groups is 1. The Labute approximate surface area is 137 Å². The summed E-state index contributed by atoms with van der Waals surface area (Å²) in [5.41, 5.74) is 1.76. The van der Waals surface area contributed by atoms with E-state index in [0.717, 1.165) is 10.5 Å². The molecule has 0 aliphatic carbocycles. The Morgan fingerprint density at radius 2 is 2.13 bits per heavy atom. The molecular weight excluding hydrogens is 315 g/mol. The molecule has 0 saturated heterocycles. The molecule has 0 saturated carbocycles. The van der Waals surface area contributed by atoms with Gasteiger partial charge in [0.2, 0.25) is 0 Å². The van der Waals surface area contributed by atoms with Crippen LogP contribution in [0.3, 0.4) is 0 Å². The summed E-state index contributed by atoms with van der Waals surface area (Å²) < 4.78 is 18.7. The molecule has 1 heterocycles. The second kappa shape index (κ2) is 6.46. The predicted molar refractivity (Wildman–Crippen MR) is 88.7 cm³/mol. The molecule has 3 rings (SSSR count). The fourth-order valence-corrected chi connectivity index (χ4v) is 3.40. The standard InChI is InChI=1S/C18H15FO3S/c1-2-22-16-8-11(3-5-15(16)20)7-12-10-23-17-6-4-13(19)9-14(17)18(12)21/h3-9,20H,2,10H2,1H3. The zero-order valence-electron chi connectivity index (χ0n) is 12.5. The molecule has 3 nitrogen and oxygen atoms in total. The van der Waals surface area contributed by atoms with E-state index in [1.807, 2.05) is 6.92 Å². The van der Waals surface area contributed by atoms with Crippen molar-refractivity contribution >= 4 is 23.6 Å². The van der Waals surface area contributed by atoms with Crippen LogP contribution in [0, 0.1) is 5.82 Å². The van der Waals surface area contributed by atoms with E-state index in [0.29, 0.717) is 29.2 Å². The molecule has 0 atom stereocenters. The third-order valence-electron chi connectivity index (χ3n) is 3.49. The largest absolute Gasteiger partial charge is 0.504 e. The van der Waals surface area contributed by atoms with Crippen LogP contribution in [0.25, 0.3) is 6.08 Å². The van der Waals surface area contributed by atoms with E-state index < -0.39 is 5.82 Å². The number of fused-ring (bicyclic) bond motifs is 1. The minimum absolute atomic E-state index is 0.0609. The monoisotopic (exact) mass is 330 g/mol. The number of phenols is 1. The van der Waals surface area contributed by atoms with Gasteiger partial charge in [-0.2, -0.15) is 0 Å². The number of rotatable bonds is 3. The average molecular weight is 330 g/mol. The number of carbonyl (C=O) groups is 1. The number of halogens is 1. The van der Waals surface area contributed by atoms with Crippen LogP contribution in [0.1, 0.15) is 22.8 Å². The van der Waals surface area contributed by atoms with E-state index in [4.69, 9.17) is 4.74 Å². The first-order valence-corrected chi connectivity index (χ1v) is 8.20. The highest BCUT2D eigenvalue weighted by atomic mass is 32.2. The lowest BCUT2D eigenvalue weighted by molar-refractivity contribution is 0.103. The van der Waals surface area contributed by atoms with Crippen LogP contribution in [0.5, 0.6) is 11.5 Å². The van der Waals surface area contributed by atoms with Crippen molar-refractivity contribution in [3.8, 4) is 11.5 Å². The lowest BCUT2D eigenvalue weighted by atomic mass is 10.0. The van der Waals surface area contributed by atoms with Gasteiger partial charge < -0.3 is 9.84 Å². The zero-order chi connectivity index (χ0) is 16.4. The van der Waals surface area contributed by atoms with E-state index in [2.05, 4.69) is 0 Å². The number of benzene rings is 2. The van der Waals surface area contributed by atoms with Gasteiger partial charge in [0.05, 0.1) is 6.61 Å². The molecule has 118 valence electrons. The van der Waals surface area contributed by atoms with E-state index >= 15 is 0 Å². The van der Waals surface area contributed by atoms with Crippen molar-refractivity contribution in [2.45, 2.75) is 11.8 Å². The fourth-order valence-electron chi connectivity index (χ4n) is 2.40. The molecule has 2 aromatic rings. The molecule has 23 heavy (non-hydrogen) atoms. The van der Waals surface area contributed by atoms with Crippen LogP contribution in [0.2, 0.25) is 0 Å². The Kier molecular flexibility index (Phi) is 4.39. The van der Waals surface area contributed by atoms with Gasteiger partial charge in [-0.3, -0.25) is 4.79 Å². The lowest BCUT2D eigenvalue weighted by Crippen LogP contribution is -2.12. The van der Waals surface area contributed by atoms with Crippen LogP contribution < -0.4 is 4.74 Å². The number of ketones is 1. The summed E-state index contributed by atoms with van der Waals surface area (Å²) in [5, 5.41) is 9.73. The van der Waals surface area contributed by atoms with Crippen molar-refractivity contribution in [1.82, 2.24) is 0 Å². The number of Topliss-reactive ketones (excluding diaryl/α,β-unsaturated/α-hetero) is 1. The van der Waals surface area contributed by atoms with Gasteiger partial charge >= 0.3 is 0 Å². The molecule has 0 amide bonds. The Bertz CT molecular complexity index is 799. The average Bonchev–Trinajstić information content (AvgIpc) is 2.54. The minimum Gasteiger partial charge on any atom is -0.504 e. The van der Waals surface area contributed by atoms with Crippen molar-refractivity contribution in [2.24, 2.45) is 0 Å². The van der Waals surface area contributed by atoms with E-state index in [9.17, 15) is 14.3 Å². The summed E-state index contributed by atoms with van der Waals surface area (Å²) in [6.07, 6.45) is 1.76. The van der Waals surface area contributed by atoms with Crippen molar-refractivity contribution in [3.63, 3.8) is 0 Å². The molecule has 0 spiro atoms. The third-order valence-corrected chi connectivity index (χ3v) is 4.61. The number of phenolic OH excluding ortho intramolecular Hbond substituents is 1. The van der Waals surface area contributed by atoms with Crippen molar-refractivity contribution in [2.75, 3.05) is 12.4 Å². The molecule has 0 fully saturated rings. The molecule has 0 aromatic heterocycles. The first-order valence-electron chi connectivity index (χ1n) is 7.22. The van der Waals surface area contributed by atoms with Gasteiger partial charge in [0.1, 0.15) is 5.82 Å². The Balaban J connectivity index is 1.95. The van der Waals surface area contributed by atoms with E-state index in [1.165, 1.54) is 30.0 Å². The smallest absolute Gasteiger partial charge is 0.191 e. The van der Waals surface area contributed by atoms with Crippen molar-refractivity contribution < 1.29 is 19.0 Å². The zero-order valence-corrected chi connectivity index (χ0v) is 13.3. The highest BCUT2D eigenvalue weighted by Crippen LogP contribution is 2.34. The molecule has 0 bridgehead atoms. The maximum atomic E-state index is 13.4. The maximum absolute atomic E-state index is 13.4. The molecule has 2 aromatic carbocycles. The third kappa shape index (κ3) is 3.24. The topological polar surface area (TPSA) is 46.5 Å². The molecule has 0 unspecified atom stereocenters. The van der Waals surface area contributed by atoms with Gasteiger partial charge in [-0.05, 0) is 48.9 Å². The van der Waals surface area contributed by atoms with Crippen molar-refractivity contribution in [3.05, 3.63) is 58.9 Å². The van der Waals surface area contributed by atoms with Gasteiger partial charge in [0.15, 0.2) is 17.3 Å². The van der Waals surface area contributed by atoms with Crippen LogP contribution in [-0.4, -0.2) is 23.2 Å². The second-order valence-corrected chi connectivity index (χ2v) is 6.11. The first kappa shape index (κ1) is 15.6. The quantitative estimate of drug-likeness (QED) is 0.852. The highest BCUT2D eigenvalue weighted by Gasteiger charge is 2.23. The Morgan fingerprint density at radius 3 is 2.91 bits per heavy atom. The molecular formula is C18H15FO3S. The molecule has 5 heteroatoms. The van der Waals surface area contributed by atoms with Gasteiger partial charge in [-0.15, -0.1) is 11.8 Å².